The van der Waals surface area contributed by atoms with Crippen molar-refractivity contribution in [3.63, 3.8) is 0 Å². The maximum Gasteiger partial charge on any atom is -0.0348 e. The Morgan fingerprint density at radius 2 is 2.10 bits per heavy atom. The standard InChI is InChI=1S/C10H17/c1-3-5-7-9-10-8-6-4-2/h3,5-7H,1,4,8-10H2,2H3. The summed E-state index contributed by atoms with van der Waals surface area (Å²) < 4.78 is 0. The number of allylic oxidation sites excluding steroid dienone is 3. The molecule has 0 N–H and O–H groups in total. The SMILES string of the molecule is C=CC=CCCC[CH]CC. The predicted molar refractivity (Wildman–Crippen MR) is 47.8 cm³/mol. The summed E-state index contributed by atoms with van der Waals surface area (Å²) >= 11 is 0. The lowest BCUT2D eigenvalue weighted by molar-refractivity contribution is 0.797. The summed E-state index contributed by atoms with van der Waals surface area (Å²) in [4.78, 5) is 0. The van der Waals surface area contributed by atoms with Gasteiger partial charge in [-0.05, 0) is 25.7 Å². The van der Waals surface area contributed by atoms with Crippen molar-refractivity contribution in [3.05, 3.63) is 31.2 Å². The summed E-state index contributed by atoms with van der Waals surface area (Å²) in [7, 11) is 0. The van der Waals surface area contributed by atoms with Gasteiger partial charge in [-0.3, -0.25) is 0 Å². The third-order valence-corrected chi connectivity index (χ3v) is 1.34. The molecular formula is C10H17. The second kappa shape index (κ2) is 8.48. The summed E-state index contributed by atoms with van der Waals surface area (Å²) in [6, 6.07) is 0. The Balaban J connectivity index is 2.90. The quantitative estimate of drug-likeness (QED) is 0.388. The molecule has 0 aromatic heterocycles. The van der Waals surface area contributed by atoms with E-state index >= 15 is 0 Å². The Morgan fingerprint density at radius 1 is 1.30 bits per heavy atom. The second-order valence-electron chi connectivity index (χ2n) is 2.29. The van der Waals surface area contributed by atoms with Crippen LogP contribution in [-0.4, -0.2) is 0 Å². The fourth-order valence-corrected chi connectivity index (χ4v) is 0.777. The molecule has 0 heteroatoms. The highest BCUT2D eigenvalue weighted by atomic mass is 13.9. The molecule has 0 rings (SSSR count). The Bertz CT molecular complexity index is 90.2. The second-order valence-corrected chi connectivity index (χ2v) is 2.29. The van der Waals surface area contributed by atoms with E-state index in [1.54, 1.807) is 0 Å². The van der Waals surface area contributed by atoms with Gasteiger partial charge < -0.3 is 0 Å². The lowest BCUT2D eigenvalue weighted by Crippen LogP contribution is -1.73. The molecular weight excluding hydrogens is 120 g/mol. The molecule has 0 aromatic carbocycles. The van der Waals surface area contributed by atoms with Gasteiger partial charge in [-0.2, -0.15) is 0 Å². The molecule has 0 amide bonds. The van der Waals surface area contributed by atoms with Gasteiger partial charge >= 0.3 is 0 Å². The molecule has 0 fully saturated rings. The summed E-state index contributed by atoms with van der Waals surface area (Å²) in [6.45, 7) is 5.78. The first-order chi connectivity index (χ1) is 4.91. The Hall–Kier alpha value is -0.520. The van der Waals surface area contributed by atoms with Crippen LogP contribution in [0.15, 0.2) is 24.8 Å². The van der Waals surface area contributed by atoms with Gasteiger partial charge in [-0.15, -0.1) is 0 Å². The Labute approximate surface area is 64.6 Å². The lowest BCUT2D eigenvalue weighted by Gasteiger charge is -1.92. The monoisotopic (exact) mass is 137 g/mol. The van der Waals surface area contributed by atoms with Crippen molar-refractivity contribution in [1.82, 2.24) is 0 Å². The zero-order chi connectivity index (χ0) is 7.66. The van der Waals surface area contributed by atoms with Crippen LogP contribution in [-0.2, 0) is 0 Å². The van der Waals surface area contributed by atoms with E-state index in [1.807, 2.05) is 12.2 Å². The molecule has 0 saturated carbocycles. The first-order valence-electron chi connectivity index (χ1n) is 4.01. The van der Waals surface area contributed by atoms with Crippen LogP contribution >= 0.6 is 0 Å². The van der Waals surface area contributed by atoms with E-state index in [9.17, 15) is 0 Å². The fourth-order valence-electron chi connectivity index (χ4n) is 0.777. The molecule has 0 aromatic rings. The van der Waals surface area contributed by atoms with Crippen molar-refractivity contribution in [2.24, 2.45) is 0 Å². The smallest absolute Gasteiger partial charge is 0.0348 e. The maximum atomic E-state index is 3.60. The van der Waals surface area contributed by atoms with Gasteiger partial charge in [-0.1, -0.05) is 38.2 Å². The van der Waals surface area contributed by atoms with Gasteiger partial charge in [0.25, 0.3) is 0 Å². The van der Waals surface area contributed by atoms with Gasteiger partial charge in [0, 0.05) is 0 Å². The lowest BCUT2D eigenvalue weighted by atomic mass is 10.1. The third-order valence-electron chi connectivity index (χ3n) is 1.34. The number of unbranched alkanes of at least 4 members (excludes halogenated alkanes) is 4. The third kappa shape index (κ3) is 7.48. The van der Waals surface area contributed by atoms with Gasteiger partial charge in [-0.25, -0.2) is 0 Å². The van der Waals surface area contributed by atoms with E-state index in [4.69, 9.17) is 0 Å². The molecule has 0 heterocycles. The van der Waals surface area contributed by atoms with E-state index in [0.29, 0.717) is 0 Å². The first-order valence-corrected chi connectivity index (χ1v) is 4.01. The van der Waals surface area contributed by atoms with Crippen molar-refractivity contribution in [3.8, 4) is 0 Å². The molecule has 0 bridgehead atoms. The minimum absolute atomic E-state index is 1.18. The molecule has 0 aliphatic rings. The van der Waals surface area contributed by atoms with Crippen molar-refractivity contribution in [1.29, 1.82) is 0 Å². The highest BCUT2D eigenvalue weighted by Crippen LogP contribution is 2.01. The predicted octanol–water partition coefficient (Wildman–Crippen LogP) is 3.51. The van der Waals surface area contributed by atoms with Crippen LogP contribution in [0.5, 0.6) is 0 Å². The minimum Gasteiger partial charge on any atom is -0.0991 e. The van der Waals surface area contributed by atoms with E-state index in [2.05, 4.69) is 26.0 Å². The zero-order valence-electron chi connectivity index (χ0n) is 6.84. The summed E-state index contributed by atoms with van der Waals surface area (Å²) in [6.07, 6.45) is 13.2. The normalized spacial score (nSPS) is 10.5. The van der Waals surface area contributed by atoms with Gasteiger partial charge in [0.15, 0.2) is 0 Å². The summed E-state index contributed by atoms with van der Waals surface area (Å²) in [5.41, 5.74) is 0. The molecule has 0 aliphatic carbocycles. The first kappa shape index (κ1) is 9.48. The molecule has 0 atom stereocenters. The molecule has 0 saturated heterocycles. The van der Waals surface area contributed by atoms with Crippen molar-refractivity contribution < 1.29 is 0 Å². The molecule has 1 radical (unpaired) electrons. The Kier molecular flexibility index (Phi) is 8.04. The molecule has 10 heavy (non-hydrogen) atoms. The van der Waals surface area contributed by atoms with E-state index < -0.39 is 0 Å². The summed E-state index contributed by atoms with van der Waals surface area (Å²) in [5, 5.41) is 0. The molecule has 0 aliphatic heterocycles. The minimum atomic E-state index is 1.18. The average Bonchev–Trinajstić information content (AvgIpc) is 1.97. The van der Waals surface area contributed by atoms with Crippen LogP contribution in [0.1, 0.15) is 32.6 Å². The van der Waals surface area contributed by atoms with Crippen molar-refractivity contribution in [2.45, 2.75) is 32.6 Å². The summed E-state index contributed by atoms with van der Waals surface area (Å²) in [5.74, 6) is 0. The van der Waals surface area contributed by atoms with Crippen LogP contribution < -0.4 is 0 Å². The van der Waals surface area contributed by atoms with Crippen molar-refractivity contribution in [2.75, 3.05) is 0 Å². The van der Waals surface area contributed by atoms with Crippen LogP contribution in [0.25, 0.3) is 0 Å². The molecule has 57 valence electrons. The number of hydrogen-bond donors (Lipinski definition) is 0. The number of hydrogen-bond acceptors (Lipinski definition) is 0. The van der Waals surface area contributed by atoms with Crippen LogP contribution in [0.3, 0.4) is 0 Å². The topological polar surface area (TPSA) is 0 Å². The van der Waals surface area contributed by atoms with Gasteiger partial charge in [0.2, 0.25) is 0 Å². The Morgan fingerprint density at radius 3 is 2.70 bits per heavy atom. The maximum absolute atomic E-state index is 3.60. The van der Waals surface area contributed by atoms with E-state index in [-0.39, 0.29) is 0 Å². The fraction of sp³-hybridized carbons (Fsp3) is 0.500. The van der Waals surface area contributed by atoms with E-state index in [1.165, 1.54) is 25.7 Å². The number of rotatable bonds is 6. The van der Waals surface area contributed by atoms with Crippen LogP contribution in [0.2, 0.25) is 0 Å². The largest absolute Gasteiger partial charge is 0.0991 e. The van der Waals surface area contributed by atoms with E-state index in [0.717, 1.165) is 0 Å². The zero-order valence-corrected chi connectivity index (χ0v) is 6.84. The highest BCUT2D eigenvalue weighted by molar-refractivity contribution is 4.96. The average molecular weight is 137 g/mol. The molecule has 0 unspecified atom stereocenters. The molecule has 0 spiro atoms. The van der Waals surface area contributed by atoms with Gasteiger partial charge in [0.1, 0.15) is 0 Å². The molecule has 0 nitrogen and oxygen atoms in total. The van der Waals surface area contributed by atoms with Gasteiger partial charge in [0.05, 0.1) is 0 Å². The van der Waals surface area contributed by atoms with Crippen LogP contribution in [0, 0.1) is 6.42 Å². The van der Waals surface area contributed by atoms with Crippen LogP contribution in [0.4, 0.5) is 0 Å². The highest BCUT2D eigenvalue weighted by Gasteiger charge is 1.82. The van der Waals surface area contributed by atoms with Crippen molar-refractivity contribution >= 4 is 0 Å².